The molecule has 0 saturated heterocycles. The first-order chi connectivity index (χ1) is 13.4. The van der Waals surface area contributed by atoms with Gasteiger partial charge < -0.3 is 24.3 Å². The van der Waals surface area contributed by atoms with Gasteiger partial charge >= 0.3 is 5.97 Å². The van der Waals surface area contributed by atoms with Crippen LogP contribution in [0, 0.1) is 0 Å². The zero-order valence-corrected chi connectivity index (χ0v) is 16.5. The Labute approximate surface area is 164 Å². The maximum absolute atomic E-state index is 12.0. The van der Waals surface area contributed by atoms with Crippen LogP contribution in [0.15, 0.2) is 42.5 Å². The van der Waals surface area contributed by atoms with Crippen LogP contribution in [0.5, 0.6) is 17.2 Å². The summed E-state index contributed by atoms with van der Waals surface area (Å²) in [6.45, 7) is 3.49. The van der Waals surface area contributed by atoms with E-state index in [-0.39, 0.29) is 6.61 Å². The monoisotopic (exact) mass is 387 g/mol. The molecular formula is C21H25NO6. The number of carbonyl (C=O) groups is 2. The number of amides is 1. The van der Waals surface area contributed by atoms with E-state index in [1.54, 1.807) is 30.3 Å². The number of hydrogen-bond acceptors (Lipinski definition) is 6. The van der Waals surface area contributed by atoms with E-state index in [1.165, 1.54) is 19.8 Å². The van der Waals surface area contributed by atoms with Crippen molar-refractivity contribution >= 4 is 17.6 Å². The van der Waals surface area contributed by atoms with Gasteiger partial charge in [0.05, 0.1) is 19.9 Å². The highest BCUT2D eigenvalue weighted by Gasteiger charge is 2.12. The standard InChI is InChI=1S/C21H25NO6/c1-14(2)15-5-7-16(8-6-15)27-13-21(24)28-12-20(23)22-18-10-9-17(25-3)11-19(18)26-4/h5-11,14H,12-13H2,1-4H3,(H,22,23). The molecule has 0 fully saturated rings. The summed E-state index contributed by atoms with van der Waals surface area (Å²) < 4.78 is 20.6. The van der Waals surface area contributed by atoms with Gasteiger partial charge in [-0.2, -0.15) is 0 Å². The molecule has 0 radical (unpaired) electrons. The van der Waals surface area contributed by atoms with E-state index in [2.05, 4.69) is 19.2 Å². The van der Waals surface area contributed by atoms with Crippen molar-refractivity contribution < 1.29 is 28.5 Å². The minimum atomic E-state index is -0.634. The molecule has 0 bridgehead atoms. The quantitative estimate of drug-likeness (QED) is 0.664. The largest absolute Gasteiger partial charge is 0.497 e. The molecule has 2 rings (SSSR count). The van der Waals surface area contributed by atoms with E-state index in [0.29, 0.717) is 28.9 Å². The van der Waals surface area contributed by atoms with Crippen LogP contribution in [0.25, 0.3) is 0 Å². The topological polar surface area (TPSA) is 83.1 Å². The van der Waals surface area contributed by atoms with Gasteiger partial charge in [0.2, 0.25) is 0 Å². The maximum Gasteiger partial charge on any atom is 0.344 e. The Bertz CT molecular complexity index is 801. The minimum Gasteiger partial charge on any atom is -0.497 e. The van der Waals surface area contributed by atoms with E-state index in [0.717, 1.165) is 0 Å². The van der Waals surface area contributed by atoms with Gasteiger partial charge in [0.15, 0.2) is 13.2 Å². The number of nitrogens with one attached hydrogen (secondary N) is 1. The molecule has 1 N–H and O–H groups in total. The Kier molecular flexibility index (Phi) is 7.68. The Balaban J connectivity index is 1.78. The second kappa shape index (κ2) is 10.2. The van der Waals surface area contributed by atoms with Crippen LogP contribution < -0.4 is 19.5 Å². The van der Waals surface area contributed by atoms with Crippen LogP contribution in [-0.2, 0) is 14.3 Å². The van der Waals surface area contributed by atoms with Gasteiger partial charge in [-0.05, 0) is 35.7 Å². The van der Waals surface area contributed by atoms with Crippen molar-refractivity contribution in [2.75, 3.05) is 32.8 Å². The van der Waals surface area contributed by atoms with Crippen molar-refractivity contribution in [1.82, 2.24) is 0 Å². The van der Waals surface area contributed by atoms with Crippen LogP contribution in [0.2, 0.25) is 0 Å². The molecule has 0 aromatic heterocycles. The molecule has 150 valence electrons. The number of ether oxygens (including phenoxy) is 4. The highest BCUT2D eigenvalue weighted by Crippen LogP contribution is 2.28. The first kappa shape index (κ1) is 21.1. The lowest BCUT2D eigenvalue weighted by Gasteiger charge is -2.12. The van der Waals surface area contributed by atoms with Crippen molar-refractivity contribution in [2.45, 2.75) is 19.8 Å². The number of esters is 1. The van der Waals surface area contributed by atoms with Crippen molar-refractivity contribution in [2.24, 2.45) is 0 Å². The summed E-state index contributed by atoms with van der Waals surface area (Å²) in [7, 11) is 3.02. The normalized spacial score (nSPS) is 10.3. The summed E-state index contributed by atoms with van der Waals surface area (Å²) in [5.41, 5.74) is 1.63. The molecular weight excluding hydrogens is 362 g/mol. The zero-order chi connectivity index (χ0) is 20.5. The molecule has 0 atom stereocenters. The van der Waals surface area contributed by atoms with Gasteiger partial charge in [-0.15, -0.1) is 0 Å². The zero-order valence-electron chi connectivity index (χ0n) is 16.5. The molecule has 7 nitrogen and oxygen atoms in total. The molecule has 1 amide bonds. The fourth-order valence-electron chi connectivity index (χ4n) is 2.37. The average molecular weight is 387 g/mol. The lowest BCUT2D eigenvalue weighted by Crippen LogP contribution is -2.23. The van der Waals surface area contributed by atoms with Crippen LogP contribution in [0.4, 0.5) is 5.69 Å². The molecule has 0 saturated carbocycles. The number of carbonyl (C=O) groups excluding carboxylic acids is 2. The van der Waals surface area contributed by atoms with Crippen LogP contribution in [0.1, 0.15) is 25.3 Å². The van der Waals surface area contributed by atoms with Crippen LogP contribution in [0.3, 0.4) is 0 Å². The van der Waals surface area contributed by atoms with Gasteiger partial charge in [0, 0.05) is 6.07 Å². The molecule has 0 aliphatic carbocycles. The van der Waals surface area contributed by atoms with E-state index in [4.69, 9.17) is 18.9 Å². The molecule has 2 aromatic rings. The molecule has 7 heteroatoms. The summed E-state index contributed by atoms with van der Waals surface area (Å²) in [5.74, 6) is 0.894. The number of methoxy groups -OCH3 is 2. The smallest absolute Gasteiger partial charge is 0.344 e. The summed E-state index contributed by atoms with van der Waals surface area (Å²) in [6, 6.07) is 12.4. The summed E-state index contributed by atoms with van der Waals surface area (Å²) >= 11 is 0. The molecule has 0 aliphatic heterocycles. The van der Waals surface area contributed by atoms with Gasteiger partial charge in [0.1, 0.15) is 17.2 Å². The first-order valence-electron chi connectivity index (χ1n) is 8.83. The summed E-state index contributed by atoms with van der Waals surface area (Å²) in [6.07, 6.45) is 0. The van der Waals surface area contributed by atoms with E-state index >= 15 is 0 Å². The lowest BCUT2D eigenvalue weighted by molar-refractivity contribution is -0.149. The third-order valence-electron chi connectivity index (χ3n) is 3.95. The van der Waals surface area contributed by atoms with Crippen molar-refractivity contribution in [1.29, 1.82) is 0 Å². The third kappa shape index (κ3) is 6.19. The Morgan fingerprint density at radius 1 is 0.929 bits per heavy atom. The Hall–Kier alpha value is -3.22. The van der Waals surface area contributed by atoms with Crippen LogP contribution >= 0.6 is 0 Å². The summed E-state index contributed by atoms with van der Waals surface area (Å²) in [5, 5.41) is 2.62. The number of benzene rings is 2. The molecule has 0 heterocycles. The minimum absolute atomic E-state index is 0.278. The van der Waals surface area contributed by atoms with Gasteiger partial charge in [-0.3, -0.25) is 4.79 Å². The Morgan fingerprint density at radius 3 is 2.21 bits per heavy atom. The molecule has 0 unspecified atom stereocenters. The van der Waals surface area contributed by atoms with E-state index < -0.39 is 18.5 Å². The maximum atomic E-state index is 12.0. The molecule has 28 heavy (non-hydrogen) atoms. The predicted octanol–water partition coefficient (Wildman–Crippen LogP) is 3.39. The number of hydrogen-bond donors (Lipinski definition) is 1. The predicted molar refractivity (Wildman–Crippen MR) is 105 cm³/mol. The van der Waals surface area contributed by atoms with Crippen LogP contribution in [-0.4, -0.2) is 39.3 Å². The second-order valence-corrected chi connectivity index (χ2v) is 6.29. The Morgan fingerprint density at radius 2 is 1.61 bits per heavy atom. The second-order valence-electron chi connectivity index (χ2n) is 6.29. The van der Waals surface area contributed by atoms with Gasteiger partial charge in [-0.25, -0.2) is 4.79 Å². The summed E-state index contributed by atoms with van der Waals surface area (Å²) in [4.78, 5) is 23.8. The first-order valence-corrected chi connectivity index (χ1v) is 8.83. The van der Waals surface area contributed by atoms with E-state index in [9.17, 15) is 9.59 Å². The molecule has 0 spiro atoms. The van der Waals surface area contributed by atoms with Gasteiger partial charge in [0.25, 0.3) is 5.91 Å². The van der Waals surface area contributed by atoms with Crippen molar-refractivity contribution in [3.05, 3.63) is 48.0 Å². The molecule has 2 aromatic carbocycles. The average Bonchev–Trinajstić information content (AvgIpc) is 2.71. The van der Waals surface area contributed by atoms with Crippen molar-refractivity contribution in [3.8, 4) is 17.2 Å². The highest BCUT2D eigenvalue weighted by molar-refractivity contribution is 5.94. The SMILES string of the molecule is COc1ccc(NC(=O)COC(=O)COc2ccc(C(C)C)cc2)c(OC)c1. The van der Waals surface area contributed by atoms with E-state index in [1.807, 2.05) is 12.1 Å². The number of anilines is 1. The molecule has 0 aliphatic rings. The fourth-order valence-corrected chi connectivity index (χ4v) is 2.37. The van der Waals surface area contributed by atoms with Crippen molar-refractivity contribution in [3.63, 3.8) is 0 Å². The highest BCUT2D eigenvalue weighted by atomic mass is 16.6. The fraction of sp³-hybridized carbons (Fsp3) is 0.333. The third-order valence-corrected chi connectivity index (χ3v) is 3.95. The number of rotatable bonds is 9. The lowest BCUT2D eigenvalue weighted by atomic mass is 10.0. The van der Waals surface area contributed by atoms with Gasteiger partial charge in [-0.1, -0.05) is 26.0 Å².